The number of hydrogen-bond acceptors (Lipinski definition) is 9. The first-order valence-electron chi connectivity index (χ1n) is 13.7. The number of carbonyl (C=O) groups excluding carboxylic acids is 4. The Labute approximate surface area is 240 Å². The molecule has 0 aromatic carbocycles. The second-order valence-electron chi connectivity index (χ2n) is 11.9. The molecule has 1 rings (SSSR count). The fourth-order valence-corrected chi connectivity index (χ4v) is 5.41. The van der Waals surface area contributed by atoms with Crippen molar-refractivity contribution < 1.29 is 42.9 Å². The van der Waals surface area contributed by atoms with Gasteiger partial charge in [-0.15, -0.1) is 0 Å². The van der Waals surface area contributed by atoms with E-state index in [9.17, 15) is 24.3 Å². The standard InChI is InChI=1S/C30H48O9Si/c1-21(19-23(31)20-39-40(8,9)29(2,3)4)16-18-30(27(34)37-6,28(35)38-7)17-12-10-11-13-22-14-15-24(32)25(22)26(33)36-5/h10-13,19,22-23,25,31H,14-18,20H2,1-9H3/b12-10+,13-11-,21-19-/t22-,23?,25+/m0/s1. The van der Waals surface area contributed by atoms with Crippen LogP contribution in [0.3, 0.4) is 0 Å². The summed E-state index contributed by atoms with van der Waals surface area (Å²) in [4.78, 5) is 49.8. The van der Waals surface area contributed by atoms with Crippen LogP contribution in [-0.2, 0) is 37.8 Å². The second-order valence-corrected chi connectivity index (χ2v) is 16.7. The van der Waals surface area contributed by atoms with Crippen LogP contribution in [0.2, 0.25) is 18.1 Å². The van der Waals surface area contributed by atoms with Crippen LogP contribution in [0.15, 0.2) is 36.0 Å². The lowest BCUT2D eigenvalue weighted by atomic mass is 9.78. The van der Waals surface area contributed by atoms with Crippen molar-refractivity contribution >= 4 is 32.0 Å². The third kappa shape index (κ3) is 9.52. The van der Waals surface area contributed by atoms with Crippen molar-refractivity contribution in [1.82, 2.24) is 0 Å². The van der Waals surface area contributed by atoms with Gasteiger partial charge in [-0.1, -0.05) is 56.7 Å². The van der Waals surface area contributed by atoms with E-state index in [0.29, 0.717) is 19.3 Å². The summed E-state index contributed by atoms with van der Waals surface area (Å²) in [6, 6.07) is 0. The SMILES string of the molecule is COC(=O)[C@H]1C(=O)CC[C@@H]1/C=C\C=C\CC(CC/C(C)=C\C(O)CO[Si](C)(C)C(C)(C)C)(C(=O)OC)C(=O)OC. The van der Waals surface area contributed by atoms with Gasteiger partial charge in [-0.25, -0.2) is 0 Å². The minimum atomic E-state index is -2.02. The van der Waals surface area contributed by atoms with Gasteiger partial charge in [-0.3, -0.25) is 19.2 Å². The Hall–Kier alpha value is -2.56. The van der Waals surface area contributed by atoms with Crippen molar-refractivity contribution in [1.29, 1.82) is 0 Å². The van der Waals surface area contributed by atoms with Crippen molar-refractivity contribution in [3.8, 4) is 0 Å². The number of esters is 3. The molecule has 0 radical (unpaired) electrons. The van der Waals surface area contributed by atoms with Crippen LogP contribution in [0, 0.1) is 17.3 Å². The van der Waals surface area contributed by atoms with Crippen molar-refractivity contribution in [3.63, 3.8) is 0 Å². The Kier molecular flexibility index (Phi) is 13.7. The third-order valence-corrected chi connectivity index (χ3v) is 12.5. The Bertz CT molecular complexity index is 972. The zero-order valence-corrected chi connectivity index (χ0v) is 26.6. The maximum absolute atomic E-state index is 12.9. The van der Waals surface area contributed by atoms with Crippen LogP contribution in [0.4, 0.5) is 0 Å². The molecule has 10 heteroatoms. The predicted molar refractivity (Wildman–Crippen MR) is 155 cm³/mol. The fourth-order valence-electron chi connectivity index (χ4n) is 4.39. The molecule has 9 nitrogen and oxygen atoms in total. The Morgan fingerprint density at radius 2 is 1.65 bits per heavy atom. The molecule has 40 heavy (non-hydrogen) atoms. The van der Waals surface area contributed by atoms with E-state index in [1.54, 1.807) is 30.4 Å². The van der Waals surface area contributed by atoms with Gasteiger partial charge >= 0.3 is 17.9 Å². The summed E-state index contributed by atoms with van der Waals surface area (Å²) in [5.74, 6) is -3.19. The molecule has 0 aromatic rings. The van der Waals surface area contributed by atoms with Crippen LogP contribution in [-0.4, -0.2) is 71.2 Å². The maximum Gasteiger partial charge on any atom is 0.323 e. The van der Waals surface area contributed by atoms with E-state index in [-0.39, 0.29) is 36.2 Å². The summed E-state index contributed by atoms with van der Waals surface area (Å²) in [5, 5.41) is 10.6. The lowest BCUT2D eigenvalue weighted by molar-refractivity contribution is -0.169. The highest BCUT2D eigenvalue weighted by Gasteiger charge is 2.47. The predicted octanol–water partition coefficient (Wildman–Crippen LogP) is 4.70. The largest absolute Gasteiger partial charge is 0.468 e. The van der Waals surface area contributed by atoms with Gasteiger partial charge in [-0.05, 0) is 56.7 Å². The van der Waals surface area contributed by atoms with Crippen molar-refractivity contribution in [3.05, 3.63) is 36.0 Å². The van der Waals surface area contributed by atoms with Gasteiger partial charge in [0.1, 0.15) is 11.7 Å². The van der Waals surface area contributed by atoms with Gasteiger partial charge in [0.25, 0.3) is 0 Å². The number of carbonyl (C=O) groups is 4. The zero-order chi connectivity index (χ0) is 30.7. The van der Waals surface area contributed by atoms with Crippen LogP contribution in [0.25, 0.3) is 0 Å². The maximum atomic E-state index is 12.9. The lowest BCUT2D eigenvalue weighted by Crippen LogP contribution is -2.42. The molecule has 1 fully saturated rings. The molecule has 1 N–H and O–H groups in total. The van der Waals surface area contributed by atoms with Gasteiger partial charge in [0.05, 0.1) is 34.0 Å². The highest BCUT2D eigenvalue weighted by atomic mass is 28.4. The number of methoxy groups -OCH3 is 3. The number of ketones is 1. The monoisotopic (exact) mass is 580 g/mol. The minimum Gasteiger partial charge on any atom is -0.468 e. The van der Waals surface area contributed by atoms with Crippen molar-refractivity contribution in [2.45, 2.75) is 84.0 Å². The average molecular weight is 581 g/mol. The quantitative estimate of drug-likeness (QED) is 0.0777. The minimum absolute atomic E-state index is 0.0189. The van der Waals surface area contributed by atoms with Crippen LogP contribution >= 0.6 is 0 Å². The number of ether oxygens (including phenoxy) is 3. The smallest absolute Gasteiger partial charge is 0.323 e. The molecule has 1 aliphatic carbocycles. The first kappa shape index (κ1) is 35.5. The average Bonchev–Trinajstić information content (AvgIpc) is 3.27. The topological polar surface area (TPSA) is 125 Å². The number of hydrogen-bond donors (Lipinski definition) is 1. The van der Waals surface area contributed by atoms with Gasteiger partial charge in [-0.2, -0.15) is 0 Å². The van der Waals surface area contributed by atoms with Gasteiger partial charge in [0.15, 0.2) is 13.7 Å². The molecule has 0 heterocycles. The molecule has 0 spiro atoms. The zero-order valence-electron chi connectivity index (χ0n) is 25.6. The summed E-state index contributed by atoms with van der Waals surface area (Å²) in [7, 11) is 1.68. The summed E-state index contributed by atoms with van der Waals surface area (Å²) in [6.07, 6.45) is 9.00. The molecule has 0 aromatic heterocycles. The van der Waals surface area contributed by atoms with Gasteiger partial charge in [0.2, 0.25) is 0 Å². The number of rotatable bonds is 14. The molecule has 0 saturated heterocycles. The number of aliphatic hydroxyl groups excluding tert-OH is 1. The molecule has 1 aliphatic rings. The molecule has 0 amide bonds. The summed E-state index contributed by atoms with van der Waals surface area (Å²) >= 11 is 0. The molecule has 0 bridgehead atoms. The van der Waals surface area contributed by atoms with E-state index in [0.717, 1.165) is 5.57 Å². The van der Waals surface area contributed by atoms with Crippen molar-refractivity contribution in [2.24, 2.45) is 17.3 Å². The van der Waals surface area contributed by atoms with Gasteiger partial charge < -0.3 is 23.7 Å². The molecule has 0 aliphatic heterocycles. The van der Waals surface area contributed by atoms with Crippen LogP contribution < -0.4 is 0 Å². The molecular formula is C30H48O9Si. The second kappa shape index (κ2) is 15.4. The molecule has 3 atom stereocenters. The number of aliphatic hydroxyl groups is 1. The first-order valence-corrected chi connectivity index (χ1v) is 16.6. The number of Topliss-reactive ketones (excluding diaryl/α,β-unsaturated/α-hetero) is 1. The highest BCUT2D eigenvalue weighted by Crippen LogP contribution is 2.37. The Balaban J connectivity index is 2.98. The summed E-state index contributed by atoms with van der Waals surface area (Å²) in [5.41, 5.74) is -0.782. The highest BCUT2D eigenvalue weighted by molar-refractivity contribution is 6.74. The molecule has 1 unspecified atom stereocenters. The van der Waals surface area contributed by atoms with Crippen LogP contribution in [0.5, 0.6) is 0 Å². The van der Waals surface area contributed by atoms with E-state index in [2.05, 4.69) is 33.9 Å². The van der Waals surface area contributed by atoms with Gasteiger partial charge in [0, 0.05) is 6.42 Å². The third-order valence-electron chi connectivity index (χ3n) is 8.02. The van der Waals surface area contributed by atoms with E-state index >= 15 is 0 Å². The Morgan fingerprint density at radius 3 is 2.17 bits per heavy atom. The normalized spacial score (nSPS) is 19.8. The van der Waals surface area contributed by atoms with Crippen LogP contribution in [0.1, 0.15) is 59.8 Å². The molecule has 1 saturated carbocycles. The first-order chi connectivity index (χ1) is 18.6. The van der Waals surface area contributed by atoms with E-state index < -0.39 is 43.7 Å². The van der Waals surface area contributed by atoms with E-state index in [4.69, 9.17) is 18.6 Å². The Morgan fingerprint density at radius 1 is 1.05 bits per heavy atom. The van der Waals surface area contributed by atoms with E-state index in [1.807, 2.05) is 6.92 Å². The summed E-state index contributed by atoms with van der Waals surface area (Å²) in [6.45, 7) is 12.6. The lowest BCUT2D eigenvalue weighted by Gasteiger charge is -2.36. The van der Waals surface area contributed by atoms with Crippen molar-refractivity contribution in [2.75, 3.05) is 27.9 Å². The molecular weight excluding hydrogens is 532 g/mol. The fraction of sp³-hybridized carbons (Fsp3) is 0.667. The summed E-state index contributed by atoms with van der Waals surface area (Å²) < 4.78 is 20.8. The number of allylic oxidation sites excluding steroid dienone is 5. The molecule has 226 valence electrons. The van der Waals surface area contributed by atoms with E-state index in [1.165, 1.54) is 21.3 Å².